The summed E-state index contributed by atoms with van der Waals surface area (Å²) in [6.45, 7) is 4.83. The molecule has 1 unspecified atom stereocenters. The number of aromatic hydroxyl groups is 1. The molecule has 0 saturated carbocycles. The predicted octanol–water partition coefficient (Wildman–Crippen LogP) is 0.174. The van der Waals surface area contributed by atoms with Gasteiger partial charge in [0, 0.05) is 57.0 Å². The van der Waals surface area contributed by atoms with Crippen LogP contribution in [0.15, 0.2) is 63.2 Å². The van der Waals surface area contributed by atoms with E-state index in [4.69, 9.17) is 0 Å². The second-order valence-corrected chi connectivity index (χ2v) is 16.3. The zero-order valence-corrected chi connectivity index (χ0v) is 27.3. The maximum atomic E-state index is 13.7. The molecule has 0 aliphatic heterocycles. The topological polar surface area (TPSA) is 291 Å². The highest BCUT2D eigenvalue weighted by atomic mass is 32.2. The highest BCUT2D eigenvalue weighted by Crippen LogP contribution is 2.44. The number of amides is 2. The largest absolute Gasteiger partial charge is 0.744 e. The number of nitrogens with one attached hydrogen (secondary N) is 3. The smallest absolute Gasteiger partial charge is 0.295 e. The Balaban J connectivity index is 1.84. The Morgan fingerprint density at radius 1 is 0.809 bits per heavy atom. The Morgan fingerprint density at radius 3 is 1.85 bits per heavy atom. The van der Waals surface area contributed by atoms with Crippen LogP contribution in [0.4, 0.5) is 0 Å². The minimum Gasteiger partial charge on any atom is -0.744 e. The van der Waals surface area contributed by atoms with Gasteiger partial charge in [-0.2, -0.15) is 21.6 Å². The van der Waals surface area contributed by atoms with Crippen molar-refractivity contribution in [3.05, 3.63) is 48.6 Å². The minimum atomic E-state index is -5.39. The molecular weight excluding hydrogens is 707 g/mol. The molecule has 0 bridgehead atoms. The molecule has 0 radical (unpaired) electrons. The first-order chi connectivity index (χ1) is 21.5. The predicted molar refractivity (Wildman–Crippen MR) is 166 cm³/mol. The zero-order chi connectivity index (χ0) is 35.3. The molecule has 0 aromatic heterocycles. The summed E-state index contributed by atoms with van der Waals surface area (Å²) < 4.78 is 133. The number of hydrogen-bond donors (Lipinski definition) is 6. The molecule has 0 spiro atoms. The van der Waals surface area contributed by atoms with Gasteiger partial charge in [-0.25, -0.2) is 16.8 Å². The maximum absolute atomic E-state index is 13.7. The number of phenols is 1. The van der Waals surface area contributed by atoms with E-state index in [9.17, 15) is 62.0 Å². The third-order valence-corrected chi connectivity index (χ3v) is 11.0. The molecule has 21 heteroatoms. The Kier molecular flexibility index (Phi) is 9.60. The summed E-state index contributed by atoms with van der Waals surface area (Å²) in [5.41, 5.74) is 0.226. The quantitative estimate of drug-likeness (QED) is 0.0463. The van der Waals surface area contributed by atoms with Gasteiger partial charge in [0.05, 0.1) is 9.79 Å². The molecule has 0 saturated heterocycles. The molecule has 4 aromatic rings. The molecule has 0 aliphatic rings. The monoisotopic (exact) mass is 732 g/mol. The number of phenolic OH excluding ortho intramolecular Hbond substituents is 1. The molecule has 2 amide bonds. The molecule has 0 heterocycles. The SMILES string of the molecule is C=C(C)C(=O)NCCCNC(=O)C(CS(=O)(=O)O)NS(=O)(=O)c1cc(O)c2ccc3c(S(=O)(=O)O)cc(S(=O)(=O)[O-])c4ccc1c2c43. The normalized spacial score (nSPS) is 13.6. The molecule has 6 N–H and O–H groups in total. The van der Waals surface area contributed by atoms with E-state index in [2.05, 4.69) is 17.2 Å². The first kappa shape index (κ1) is 35.9. The van der Waals surface area contributed by atoms with Crippen molar-refractivity contribution in [1.29, 1.82) is 0 Å². The van der Waals surface area contributed by atoms with Crippen LogP contribution in [0.3, 0.4) is 0 Å². The van der Waals surface area contributed by atoms with Crippen molar-refractivity contribution in [2.24, 2.45) is 0 Å². The van der Waals surface area contributed by atoms with Crippen LogP contribution in [0.1, 0.15) is 13.3 Å². The first-order valence-electron chi connectivity index (χ1n) is 13.1. The average Bonchev–Trinajstić information content (AvgIpc) is 2.93. The van der Waals surface area contributed by atoms with Crippen LogP contribution in [0.25, 0.3) is 32.3 Å². The van der Waals surface area contributed by atoms with E-state index < -0.39 is 84.4 Å². The summed E-state index contributed by atoms with van der Waals surface area (Å²) in [5, 5.41) is 13.9. The van der Waals surface area contributed by atoms with Crippen molar-refractivity contribution in [3.63, 3.8) is 0 Å². The number of benzene rings is 4. The van der Waals surface area contributed by atoms with Gasteiger partial charge < -0.3 is 20.3 Å². The number of carbonyl (C=O) groups is 2. The van der Waals surface area contributed by atoms with E-state index in [0.29, 0.717) is 6.07 Å². The Hall–Kier alpha value is -3.96. The van der Waals surface area contributed by atoms with Gasteiger partial charge in [-0.15, -0.1) is 0 Å². The number of carbonyl (C=O) groups excluding carboxylic acids is 2. The molecule has 0 fully saturated rings. The van der Waals surface area contributed by atoms with Gasteiger partial charge in [-0.05, 0) is 25.5 Å². The first-order valence-corrected chi connectivity index (χ1v) is 19.1. The molecule has 0 aliphatic carbocycles. The Bertz CT molecular complexity index is 2360. The van der Waals surface area contributed by atoms with Gasteiger partial charge in [-0.3, -0.25) is 18.7 Å². The van der Waals surface area contributed by atoms with Gasteiger partial charge in [0.25, 0.3) is 20.2 Å². The van der Waals surface area contributed by atoms with E-state index in [1.807, 2.05) is 4.72 Å². The van der Waals surface area contributed by atoms with E-state index in [-0.39, 0.29) is 57.4 Å². The second-order valence-electron chi connectivity index (χ2n) is 10.4. The van der Waals surface area contributed by atoms with Crippen LogP contribution in [-0.2, 0) is 50.0 Å². The fourth-order valence-corrected chi connectivity index (χ4v) is 8.59. The van der Waals surface area contributed by atoms with E-state index in [1.54, 1.807) is 0 Å². The van der Waals surface area contributed by atoms with Crippen LogP contribution < -0.4 is 15.4 Å². The van der Waals surface area contributed by atoms with Gasteiger partial charge in [0.1, 0.15) is 32.6 Å². The summed E-state index contributed by atoms with van der Waals surface area (Å²) in [7, 11) is -20.6. The van der Waals surface area contributed by atoms with E-state index in [0.717, 1.165) is 30.3 Å². The van der Waals surface area contributed by atoms with Crippen LogP contribution in [0.5, 0.6) is 5.75 Å². The summed E-state index contributed by atoms with van der Waals surface area (Å²) in [5.74, 6) is -3.82. The van der Waals surface area contributed by atoms with Crippen molar-refractivity contribution in [3.8, 4) is 5.75 Å². The second kappa shape index (κ2) is 12.6. The summed E-state index contributed by atoms with van der Waals surface area (Å²) in [6.07, 6.45) is 0.131. The summed E-state index contributed by atoms with van der Waals surface area (Å²) in [4.78, 5) is 21.6. The minimum absolute atomic E-state index is 0.0668. The molecular formula is C26H26N3O14S4-. The molecule has 4 rings (SSSR count). The fraction of sp³-hybridized carbons (Fsp3) is 0.231. The standard InChI is InChI=1S/C26H27N3O14S4/c1-13(2)25(31)27-8-3-9-28-26(32)18(12-44(33,34)35)29-45(36,37)20-10-19(30)14-4-5-16-21(46(38,39)40)11-22(47(41,42)43)17-7-6-15(20)23(14)24(16)17/h4-7,10-11,18,29-30H,1,3,8-9,12H2,2H3,(H,27,31)(H,28,32)(H,33,34,35)(H,38,39,40)(H,41,42,43)/p-1. The van der Waals surface area contributed by atoms with Gasteiger partial charge in [0.2, 0.25) is 21.8 Å². The molecule has 1 atom stereocenters. The number of hydrogen-bond acceptors (Lipinski definition) is 12. The van der Waals surface area contributed by atoms with Crippen molar-refractivity contribution in [2.45, 2.75) is 34.1 Å². The van der Waals surface area contributed by atoms with Gasteiger partial charge >= 0.3 is 0 Å². The van der Waals surface area contributed by atoms with Crippen molar-refractivity contribution < 1.29 is 62.0 Å². The molecule has 254 valence electrons. The van der Waals surface area contributed by atoms with Crippen molar-refractivity contribution in [1.82, 2.24) is 15.4 Å². The third-order valence-electron chi connectivity index (χ3n) is 6.92. The fourth-order valence-electron chi connectivity index (χ4n) is 4.92. The number of sulfonamides is 1. The number of rotatable bonds is 13. The van der Waals surface area contributed by atoms with Crippen LogP contribution in [0.2, 0.25) is 0 Å². The van der Waals surface area contributed by atoms with Crippen molar-refractivity contribution >= 4 is 84.5 Å². The van der Waals surface area contributed by atoms with Crippen molar-refractivity contribution in [2.75, 3.05) is 18.8 Å². The van der Waals surface area contributed by atoms with Gasteiger partial charge in [0.15, 0.2) is 0 Å². The van der Waals surface area contributed by atoms with E-state index in [1.165, 1.54) is 6.92 Å². The lowest BCUT2D eigenvalue weighted by atomic mass is 9.94. The van der Waals surface area contributed by atoms with E-state index >= 15 is 0 Å². The lowest BCUT2D eigenvalue weighted by Crippen LogP contribution is -2.50. The Morgan fingerprint density at radius 2 is 1.32 bits per heavy atom. The summed E-state index contributed by atoms with van der Waals surface area (Å²) >= 11 is 0. The maximum Gasteiger partial charge on any atom is 0.295 e. The van der Waals surface area contributed by atoms with Crippen LogP contribution >= 0.6 is 0 Å². The van der Waals surface area contributed by atoms with Crippen LogP contribution in [0, 0.1) is 0 Å². The highest BCUT2D eigenvalue weighted by Gasteiger charge is 2.32. The molecule has 17 nitrogen and oxygen atoms in total. The zero-order valence-electron chi connectivity index (χ0n) is 24.0. The van der Waals surface area contributed by atoms with Gasteiger partial charge in [-0.1, -0.05) is 24.8 Å². The lowest BCUT2D eigenvalue weighted by Gasteiger charge is -2.21. The summed E-state index contributed by atoms with van der Waals surface area (Å²) in [6, 6.07) is 3.32. The molecule has 47 heavy (non-hydrogen) atoms. The Labute approximate surface area is 268 Å². The van der Waals surface area contributed by atoms with Crippen LogP contribution in [-0.4, -0.2) is 89.1 Å². The average molecular weight is 733 g/mol. The third kappa shape index (κ3) is 7.62. The highest BCUT2D eigenvalue weighted by molar-refractivity contribution is 7.90. The lowest BCUT2D eigenvalue weighted by molar-refractivity contribution is -0.122. The molecule has 4 aromatic carbocycles.